The summed E-state index contributed by atoms with van der Waals surface area (Å²) in [6.45, 7) is 0. The number of nitrogens with two attached hydrogens (primary N) is 1. The summed E-state index contributed by atoms with van der Waals surface area (Å²) >= 11 is 5.52. The minimum Gasteiger partial charge on any atom is -0.271 e. The van der Waals surface area contributed by atoms with Crippen LogP contribution in [0, 0.1) is 11.6 Å². The molecule has 3 N–H and O–H groups in total. The fourth-order valence-corrected chi connectivity index (χ4v) is 1.55. The van der Waals surface area contributed by atoms with Gasteiger partial charge in [-0.3, -0.25) is 11.3 Å². The van der Waals surface area contributed by atoms with Crippen LogP contribution >= 0.6 is 11.6 Å². The molecule has 1 aromatic carbocycles. The molecule has 1 unspecified atom stereocenters. The minimum atomic E-state index is -0.475. The molecule has 0 aliphatic carbocycles. The average Bonchev–Trinajstić information content (AvgIpc) is 2.24. The first kappa shape index (κ1) is 12.4. The predicted molar refractivity (Wildman–Crippen MR) is 56.4 cm³/mol. The fourth-order valence-electron chi connectivity index (χ4n) is 1.39. The van der Waals surface area contributed by atoms with Crippen molar-refractivity contribution in [3.8, 4) is 0 Å². The third kappa shape index (κ3) is 3.41. The van der Waals surface area contributed by atoms with E-state index in [0.717, 1.165) is 18.2 Å². The van der Waals surface area contributed by atoms with E-state index >= 15 is 0 Å². The number of rotatable bonds is 5. The summed E-state index contributed by atoms with van der Waals surface area (Å²) in [5.41, 5.74) is 2.69. The topological polar surface area (TPSA) is 38.0 Å². The summed E-state index contributed by atoms with van der Waals surface area (Å²) < 4.78 is 26.2. The third-order valence-corrected chi connectivity index (χ3v) is 2.43. The molecule has 0 saturated heterocycles. The lowest BCUT2D eigenvalue weighted by molar-refractivity contribution is 0.476. The average molecular weight is 235 g/mol. The van der Waals surface area contributed by atoms with E-state index in [-0.39, 0.29) is 5.56 Å². The van der Waals surface area contributed by atoms with Gasteiger partial charge in [0.1, 0.15) is 11.6 Å². The molecular formula is C10H13ClF2N2. The van der Waals surface area contributed by atoms with E-state index in [4.69, 9.17) is 17.4 Å². The Bertz CT molecular complexity index is 320. The van der Waals surface area contributed by atoms with Gasteiger partial charge in [0.2, 0.25) is 0 Å². The Morgan fingerprint density at radius 2 is 2.13 bits per heavy atom. The number of hydrogen-bond acceptors (Lipinski definition) is 2. The Balaban J connectivity index is 2.85. The molecule has 0 aromatic heterocycles. The van der Waals surface area contributed by atoms with Crippen LogP contribution in [0.25, 0.3) is 0 Å². The SMILES string of the molecule is NNC(CCCCl)c1cc(F)ccc1F. The smallest absolute Gasteiger partial charge is 0.128 e. The summed E-state index contributed by atoms with van der Waals surface area (Å²) in [5, 5.41) is 0. The van der Waals surface area contributed by atoms with Crippen molar-refractivity contribution in [2.24, 2.45) is 5.84 Å². The highest BCUT2D eigenvalue weighted by Gasteiger charge is 2.14. The second kappa shape index (κ2) is 6.00. The van der Waals surface area contributed by atoms with Crippen LogP contribution in [-0.2, 0) is 0 Å². The van der Waals surface area contributed by atoms with Gasteiger partial charge in [0.25, 0.3) is 0 Å². The van der Waals surface area contributed by atoms with E-state index in [2.05, 4.69) is 5.43 Å². The van der Waals surface area contributed by atoms with Crippen molar-refractivity contribution < 1.29 is 8.78 Å². The van der Waals surface area contributed by atoms with Gasteiger partial charge in [-0.2, -0.15) is 0 Å². The van der Waals surface area contributed by atoms with Gasteiger partial charge < -0.3 is 0 Å². The summed E-state index contributed by atoms with van der Waals surface area (Å²) in [6.07, 6.45) is 1.26. The van der Waals surface area contributed by atoms with Crippen LogP contribution in [-0.4, -0.2) is 5.88 Å². The number of hydrazine groups is 1. The normalized spacial score (nSPS) is 12.8. The highest BCUT2D eigenvalue weighted by atomic mass is 35.5. The van der Waals surface area contributed by atoms with Crippen LogP contribution in [0.1, 0.15) is 24.4 Å². The van der Waals surface area contributed by atoms with Crippen LogP contribution in [0.3, 0.4) is 0 Å². The number of halogens is 3. The second-order valence-corrected chi connectivity index (χ2v) is 3.59. The van der Waals surface area contributed by atoms with Crippen LogP contribution < -0.4 is 11.3 Å². The molecule has 0 saturated carbocycles. The maximum absolute atomic E-state index is 13.3. The van der Waals surface area contributed by atoms with E-state index in [1.54, 1.807) is 0 Å². The van der Waals surface area contributed by atoms with Gasteiger partial charge in [0, 0.05) is 17.5 Å². The molecule has 0 fully saturated rings. The molecule has 0 aliphatic rings. The molecule has 0 aliphatic heterocycles. The standard InChI is InChI=1S/C10H13ClF2N2/c11-5-1-2-10(15-14)8-6-7(12)3-4-9(8)13/h3-4,6,10,15H,1-2,5,14H2. The zero-order valence-electron chi connectivity index (χ0n) is 8.14. The highest BCUT2D eigenvalue weighted by Crippen LogP contribution is 2.21. The Hall–Kier alpha value is -0.710. The van der Waals surface area contributed by atoms with E-state index < -0.39 is 17.7 Å². The largest absolute Gasteiger partial charge is 0.271 e. The first-order chi connectivity index (χ1) is 7.19. The third-order valence-electron chi connectivity index (χ3n) is 2.16. The Kier molecular flexibility index (Phi) is 4.94. The number of benzene rings is 1. The maximum Gasteiger partial charge on any atom is 0.128 e. The van der Waals surface area contributed by atoms with Crippen LogP contribution in [0.4, 0.5) is 8.78 Å². The van der Waals surface area contributed by atoms with E-state index in [0.29, 0.717) is 18.7 Å². The molecule has 1 aromatic rings. The van der Waals surface area contributed by atoms with Crippen molar-refractivity contribution in [1.29, 1.82) is 0 Å². The second-order valence-electron chi connectivity index (χ2n) is 3.22. The molecule has 1 atom stereocenters. The molecule has 84 valence electrons. The summed E-state index contributed by atoms with van der Waals surface area (Å²) in [6, 6.07) is 2.91. The lowest BCUT2D eigenvalue weighted by Gasteiger charge is -2.16. The molecule has 0 amide bonds. The van der Waals surface area contributed by atoms with Crippen molar-refractivity contribution >= 4 is 11.6 Å². The number of alkyl halides is 1. The van der Waals surface area contributed by atoms with Crippen LogP contribution in [0.5, 0.6) is 0 Å². The number of nitrogens with one attached hydrogen (secondary N) is 1. The Morgan fingerprint density at radius 1 is 1.40 bits per heavy atom. The maximum atomic E-state index is 13.3. The van der Waals surface area contributed by atoms with Crippen molar-refractivity contribution in [3.63, 3.8) is 0 Å². The number of hydrogen-bond donors (Lipinski definition) is 2. The van der Waals surface area contributed by atoms with Gasteiger partial charge in [-0.1, -0.05) is 0 Å². The summed E-state index contributed by atoms with van der Waals surface area (Å²) in [7, 11) is 0. The van der Waals surface area contributed by atoms with Crippen molar-refractivity contribution in [2.75, 3.05) is 5.88 Å². The van der Waals surface area contributed by atoms with Gasteiger partial charge in [0.15, 0.2) is 0 Å². The van der Waals surface area contributed by atoms with Crippen molar-refractivity contribution in [3.05, 3.63) is 35.4 Å². The van der Waals surface area contributed by atoms with Crippen molar-refractivity contribution in [1.82, 2.24) is 5.43 Å². The molecule has 2 nitrogen and oxygen atoms in total. The Labute approximate surface area is 92.4 Å². The van der Waals surface area contributed by atoms with E-state index in [9.17, 15) is 8.78 Å². The van der Waals surface area contributed by atoms with Crippen LogP contribution in [0.15, 0.2) is 18.2 Å². The van der Waals surface area contributed by atoms with Gasteiger partial charge in [-0.15, -0.1) is 11.6 Å². The van der Waals surface area contributed by atoms with Gasteiger partial charge in [-0.05, 0) is 31.0 Å². The molecule has 0 bridgehead atoms. The first-order valence-corrected chi connectivity index (χ1v) is 5.19. The summed E-state index contributed by atoms with van der Waals surface area (Å²) in [4.78, 5) is 0. The monoisotopic (exact) mass is 234 g/mol. The quantitative estimate of drug-likeness (QED) is 0.467. The Morgan fingerprint density at radius 3 is 2.73 bits per heavy atom. The minimum absolute atomic E-state index is 0.239. The molecule has 1 rings (SSSR count). The van der Waals surface area contributed by atoms with Crippen LogP contribution in [0.2, 0.25) is 0 Å². The molecular weight excluding hydrogens is 222 g/mol. The molecule has 5 heteroatoms. The fraction of sp³-hybridized carbons (Fsp3) is 0.400. The first-order valence-electron chi connectivity index (χ1n) is 4.66. The van der Waals surface area contributed by atoms with Crippen molar-refractivity contribution in [2.45, 2.75) is 18.9 Å². The highest BCUT2D eigenvalue weighted by molar-refractivity contribution is 6.17. The summed E-state index contributed by atoms with van der Waals surface area (Å²) in [5.74, 6) is 4.81. The van der Waals surface area contributed by atoms with E-state index in [1.807, 2.05) is 0 Å². The van der Waals surface area contributed by atoms with E-state index in [1.165, 1.54) is 0 Å². The van der Waals surface area contributed by atoms with Gasteiger partial charge in [0.05, 0.1) is 0 Å². The lowest BCUT2D eigenvalue weighted by Crippen LogP contribution is -2.28. The zero-order chi connectivity index (χ0) is 11.3. The van der Waals surface area contributed by atoms with Gasteiger partial charge >= 0.3 is 0 Å². The molecule has 0 heterocycles. The lowest BCUT2D eigenvalue weighted by atomic mass is 10.0. The molecule has 15 heavy (non-hydrogen) atoms. The zero-order valence-corrected chi connectivity index (χ0v) is 8.90. The van der Waals surface area contributed by atoms with Gasteiger partial charge in [-0.25, -0.2) is 8.78 Å². The predicted octanol–water partition coefficient (Wildman–Crippen LogP) is 2.49. The molecule has 0 spiro atoms. The molecule has 0 radical (unpaired) electrons.